The van der Waals surface area contributed by atoms with Crippen LogP contribution in [0, 0.1) is 6.92 Å². The van der Waals surface area contributed by atoms with E-state index in [1.807, 2.05) is 43.5 Å². The van der Waals surface area contributed by atoms with Crippen LogP contribution in [-0.2, 0) is 15.1 Å². The van der Waals surface area contributed by atoms with Crippen molar-refractivity contribution in [2.45, 2.75) is 12.5 Å². The molecule has 1 amide bonds. The topological polar surface area (TPSA) is 92.5 Å². The summed E-state index contributed by atoms with van der Waals surface area (Å²) in [4.78, 5) is 23.5. The average Bonchev–Trinajstić information content (AvgIpc) is 3.16. The summed E-state index contributed by atoms with van der Waals surface area (Å²) in [5.41, 5.74) is -0.825. The minimum Gasteiger partial charge on any atom is -0.463 e. The number of furan rings is 1. The molecule has 0 radical (unpaired) electrons. The van der Waals surface area contributed by atoms with Crippen molar-refractivity contribution in [3.63, 3.8) is 0 Å². The highest BCUT2D eigenvalue weighted by atomic mass is 16.5. The number of anilines is 1. The fraction of sp³-hybridized carbons (Fsp3) is 0.350. The quantitative estimate of drug-likeness (QED) is 0.812. The SMILES string of the molecule is Cc1ccc(C2(c3nccc(NC(=O)CN4CCOCC4)n3)C=CC=CN2)o1. The van der Waals surface area contributed by atoms with Gasteiger partial charge in [0.2, 0.25) is 5.91 Å². The molecule has 4 heterocycles. The van der Waals surface area contributed by atoms with E-state index in [2.05, 4.69) is 25.5 Å². The molecule has 28 heavy (non-hydrogen) atoms. The maximum absolute atomic E-state index is 12.4. The second kappa shape index (κ2) is 7.95. The van der Waals surface area contributed by atoms with Gasteiger partial charge in [0.05, 0.1) is 19.8 Å². The van der Waals surface area contributed by atoms with Gasteiger partial charge >= 0.3 is 0 Å². The molecule has 0 aromatic carbocycles. The third kappa shape index (κ3) is 3.83. The fourth-order valence-corrected chi connectivity index (χ4v) is 3.30. The Morgan fingerprint density at radius 1 is 1.29 bits per heavy atom. The number of morpholine rings is 1. The Labute approximate surface area is 163 Å². The zero-order valence-corrected chi connectivity index (χ0v) is 15.7. The molecule has 2 aromatic rings. The van der Waals surface area contributed by atoms with Crippen molar-refractivity contribution in [3.8, 4) is 0 Å². The minimum absolute atomic E-state index is 0.110. The zero-order valence-electron chi connectivity index (χ0n) is 15.7. The number of hydrogen-bond acceptors (Lipinski definition) is 7. The van der Waals surface area contributed by atoms with Crippen LogP contribution in [0.15, 0.2) is 53.2 Å². The number of amides is 1. The largest absolute Gasteiger partial charge is 0.463 e. The van der Waals surface area contributed by atoms with Crippen LogP contribution < -0.4 is 10.6 Å². The number of dihydropyridines is 1. The molecule has 0 saturated carbocycles. The van der Waals surface area contributed by atoms with E-state index in [0.29, 0.717) is 37.2 Å². The van der Waals surface area contributed by atoms with Gasteiger partial charge in [-0.1, -0.05) is 6.08 Å². The number of rotatable bonds is 5. The lowest BCUT2D eigenvalue weighted by molar-refractivity contribution is -0.118. The molecular weight excluding hydrogens is 358 g/mol. The highest BCUT2D eigenvalue weighted by Gasteiger charge is 2.38. The number of aromatic nitrogens is 2. The zero-order chi connectivity index (χ0) is 19.4. The predicted octanol–water partition coefficient (Wildman–Crippen LogP) is 1.57. The van der Waals surface area contributed by atoms with Gasteiger partial charge in [-0.25, -0.2) is 9.97 Å². The van der Waals surface area contributed by atoms with Gasteiger partial charge in [-0.3, -0.25) is 9.69 Å². The van der Waals surface area contributed by atoms with Crippen LogP contribution in [0.4, 0.5) is 5.82 Å². The first kappa shape index (κ1) is 18.4. The van der Waals surface area contributed by atoms with Gasteiger partial charge < -0.3 is 19.8 Å². The van der Waals surface area contributed by atoms with Crippen molar-refractivity contribution >= 4 is 11.7 Å². The Morgan fingerprint density at radius 2 is 2.14 bits per heavy atom. The minimum atomic E-state index is -0.825. The van der Waals surface area contributed by atoms with Crippen molar-refractivity contribution < 1.29 is 13.9 Å². The van der Waals surface area contributed by atoms with E-state index in [-0.39, 0.29) is 5.91 Å². The van der Waals surface area contributed by atoms with Gasteiger partial charge in [-0.15, -0.1) is 0 Å². The summed E-state index contributed by atoms with van der Waals surface area (Å²) >= 11 is 0. The standard InChI is InChI=1S/C20H23N5O3/c1-15-4-5-16(28-15)20(7-2-3-8-22-20)19-21-9-6-17(24-19)23-18(26)14-25-10-12-27-13-11-25/h2-9,22H,10-14H2,1H3,(H,21,23,24,26). The second-order valence-electron chi connectivity index (χ2n) is 6.78. The van der Waals surface area contributed by atoms with Crippen molar-refractivity contribution in [2.75, 3.05) is 38.2 Å². The molecule has 1 fully saturated rings. The molecule has 2 N–H and O–H groups in total. The molecule has 1 unspecified atom stereocenters. The molecule has 0 aliphatic carbocycles. The molecule has 8 nitrogen and oxygen atoms in total. The average molecular weight is 381 g/mol. The van der Waals surface area contributed by atoms with Crippen LogP contribution in [0.2, 0.25) is 0 Å². The number of nitrogens with zero attached hydrogens (tertiary/aromatic N) is 3. The Balaban J connectivity index is 1.55. The first-order valence-corrected chi connectivity index (χ1v) is 9.28. The lowest BCUT2D eigenvalue weighted by Crippen LogP contribution is -2.42. The first-order chi connectivity index (χ1) is 13.7. The molecule has 8 heteroatoms. The lowest BCUT2D eigenvalue weighted by Gasteiger charge is -2.29. The summed E-state index contributed by atoms with van der Waals surface area (Å²) in [5, 5.41) is 6.17. The summed E-state index contributed by atoms with van der Waals surface area (Å²) in [6, 6.07) is 5.49. The van der Waals surface area contributed by atoms with E-state index in [9.17, 15) is 4.79 Å². The normalized spacial score (nSPS) is 22.0. The maximum atomic E-state index is 12.4. The second-order valence-corrected chi connectivity index (χ2v) is 6.78. The monoisotopic (exact) mass is 381 g/mol. The third-order valence-electron chi connectivity index (χ3n) is 4.74. The van der Waals surface area contributed by atoms with E-state index in [1.54, 1.807) is 12.3 Å². The molecule has 2 aliphatic heterocycles. The summed E-state index contributed by atoms with van der Waals surface area (Å²) < 4.78 is 11.2. The molecule has 1 atom stereocenters. The van der Waals surface area contributed by atoms with Crippen molar-refractivity contribution in [1.29, 1.82) is 0 Å². The predicted molar refractivity (Wildman–Crippen MR) is 104 cm³/mol. The third-order valence-corrected chi connectivity index (χ3v) is 4.74. The number of ether oxygens (including phenoxy) is 1. The molecule has 2 aromatic heterocycles. The smallest absolute Gasteiger partial charge is 0.239 e. The molecule has 2 aliphatic rings. The Morgan fingerprint density at radius 3 is 2.86 bits per heavy atom. The number of nitrogens with one attached hydrogen (secondary N) is 2. The van der Waals surface area contributed by atoms with Crippen molar-refractivity contribution in [2.24, 2.45) is 0 Å². The van der Waals surface area contributed by atoms with Crippen LogP contribution in [0.5, 0.6) is 0 Å². The first-order valence-electron chi connectivity index (χ1n) is 9.28. The van der Waals surface area contributed by atoms with E-state index in [4.69, 9.17) is 9.15 Å². The Hall–Kier alpha value is -2.97. The van der Waals surface area contributed by atoms with Gasteiger partial charge in [0, 0.05) is 19.3 Å². The highest BCUT2D eigenvalue weighted by molar-refractivity contribution is 5.91. The van der Waals surface area contributed by atoms with Crippen molar-refractivity contribution in [1.82, 2.24) is 20.2 Å². The number of hydrogen-bond donors (Lipinski definition) is 2. The van der Waals surface area contributed by atoms with Gasteiger partial charge in [0.1, 0.15) is 17.3 Å². The Kier molecular flexibility index (Phi) is 5.23. The Bertz CT molecular complexity index is 901. The van der Waals surface area contributed by atoms with Gasteiger partial charge in [-0.2, -0.15) is 0 Å². The number of carbonyl (C=O) groups is 1. The van der Waals surface area contributed by atoms with E-state index >= 15 is 0 Å². The maximum Gasteiger partial charge on any atom is 0.239 e. The molecular formula is C20H23N5O3. The van der Waals surface area contributed by atoms with Crippen LogP contribution in [-0.4, -0.2) is 53.6 Å². The number of aryl methyl sites for hydroxylation is 1. The molecule has 146 valence electrons. The van der Waals surface area contributed by atoms with E-state index < -0.39 is 5.54 Å². The highest BCUT2D eigenvalue weighted by Crippen LogP contribution is 2.32. The van der Waals surface area contributed by atoms with Crippen LogP contribution in [0.25, 0.3) is 0 Å². The fourth-order valence-electron chi connectivity index (χ4n) is 3.30. The van der Waals surface area contributed by atoms with Crippen LogP contribution in [0.1, 0.15) is 17.3 Å². The molecule has 0 bridgehead atoms. The van der Waals surface area contributed by atoms with Crippen molar-refractivity contribution in [3.05, 3.63) is 66.2 Å². The molecule has 0 spiro atoms. The number of carbonyl (C=O) groups excluding carboxylic acids is 1. The van der Waals surface area contributed by atoms with E-state index in [0.717, 1.165) is 18.8 Å². The molecule has 4 rings (SSSR count). The summed E-state index contributed by atoms with van der Waals surface area (Å²) in [7, 11) is 0. The van der Waals surface area contributed by atoms with E-state index in [1.165, 1.54) is 0 Å². The summed E-state index contributed by atoms with van der Waals surface area (Å²) in [6.07, 6.45) is 9.21. The van der Waals surface area contributed by atoms with Crippen LogP contribution in [0.3, 0.4) is 0 Å². The van der Waals surface area contributed by atoms with Crippen LogP contribution >= 0.6 is 0 Å². The summed E-state index contributed by atoms with van der Waals surface area (Å²) in [5.74, 6) is 2.32. The molecule has 1 saturated heterocycles. The van der Waals surface area contributed by atoms with Gasteiger partial charge in [0.25, 0.3) is 0 Å². The van der Waals surface area contributed by atoms with Gasteiger partial charge in [-0.05, 0) is 43.5 Å². The lowest BCUT2D eigenvalue weighted by atomic mass is 9.92. The summed E-state index contributed by atoms with van der Waals surface area (Å²) in [6.45, 7) is 5.02. The number of allylic oxidation sites excluding steroid dienone is 2. The van der Waals surface area contributed by atoms with Gasteiger partial charge in [0.15, 0.2) is 11.4 Å².